The molecule has 0 spiro atoms. The second kappa shape index (κ2) is 12.6. The molecular weight excluding hydrogens is 484 g/mol. The number of nitrogens with one attached hydrogen (secondary N) is 1. The van der Waals surface area contributed by atoms with E-state index in [1.54, 1.807) is 49.9 Å². The number of hydrogen-bond acceptors (Lipinski definition) is 8. The third-order valence-electron chi connectivity index (χ3n) is 5.81. The third-order valence-corrected chi connectivity index (χ3v) is 5.81. The Bertz CT molecular complexity index is 1250. The van der Waals surface area contributed by atoms with Crippen molar-refractivity contribution < 1.29 is 19.4 Å². The standard InChI is InChI=1S/C28H32N6O4/c1-32(2)18-19-38-25-11-7-21(8-12-25)31-27-30-17-15-26(33(27)20-22-6-4-5-16-29-22)34(28(35)36)23-9-13-24(37-3)14-10-23/h4-17,27,31H,18-20H2,1-3H3,(H,35,36). The fourth-order valence-corrected chi connectivity index (χ4v) is 3.86. The van der Waals surface area contributed by atoms with Crippen molar-refractivity contribution in [3.63, 3.8) is 0 Å². The number of ether oxygens (including phenoxy) is 2. The number of carbonyl (C=O) groups is 1. The normalized spacial score (nSPS) is 14.7. The van der Waals surface area contributed by atoms with Crippen molar-refractivity contribution in [2.45, 2.75) is 12.8 Å². The minimum absolute atomic E-state index is 0.327. The molecule has 2 heterocycles. The first kappa shape index (κ1) is 26.5. The van der Waals surface area contributed by atoms with Crippen LogP contribution in [0.25, 0.3) is 0 Å². The molecule has 10 nitrogen and oxygen atoms in total. The molecule has 0 fully saturated rings. The summed E-state index contributed by atoms with van der Waals surface area (Å²) in [4.78, 5) is 26.7. The van der Waals surface area contributed by atoms with Crippen molar-refractivity contribution in [2.24, 2.45) is 4.99 Å². The predicted octanol–water partition coefficient (Wildman–Crippen LogP) is 4.34. The SMILES string of the molecule is COc1ccc(N(C(=O)O)C2=CC=NC(Nc3ccc(OCCN(C)C)cc3)N2Cc2ccccn2)cc1. The van der Waals surface area contributed by atoms with Gasteiger partial charge in [0.25, 0.3) is 0 Å². The monoisotopic (exact) mass is 516 g/mol. The lowest BCUT2D eigenvalue weighted by molar-refractivity contribution is 0.195. The highest BCUT2D eigenvalue weighted by Gasteiger charge is 2.31. The van der Waals surface area contributed by atoms with E-state index in [2.05, 4.69) is 20.2 Å². The quantitative estimate of drug-likeness (QED) is 0.388. The average molecular weight is 517 g/mol. The van der Waals surface area contributed by atoms with Gasteiger partial charge in [-0.2, -0.15) is 0 Å². The molecule has 2 aromatic carbocycles. The summed E-state index contributed by atoms with van der Waals surface area (Å²) in [7, 11) is 5.57. The number of likely N-dealkylation sites (N-methyl/N-ethyl adjacent to an activating group) is 1. The van der Waals surface area contributed by atoms with Gasteiger partial charge in [0.1, 0.15) is 23.9 Å². The maximum Gasteiger partial charge on any atom is 0.417 e. The molecule has 1 aliphatic rings. The van der Waals surface area contributed by atoms with Crippen LogP contribution in [0.5, 0.6) is 11.5 Å². The van der Waals surface area contributed by atoms with Crippen LogP contribution in [0, 0.1) is 0 Å². The first-order valence-electron chi connectivity index (χ1n) is 12.2. The Morgan fingerprint density at radius 3 is 2.42 bits per heavy atom. The Hall–Kier alpha value is -4.57. The van der Waals surface area contributed by atoms with Gasteiger partial charge in [0.2, 0.25) is 0 Å². The summed E-state index contributed by atoms with van der Waals surface area (Å²) < 4.78 is 11.0. The Labute approximate surface area is 222 Å². The lowest BCUT2D eigenvalue weighted by Gasteiger charge is -2.38. The van der Waals surface area contributed by atoms with E-state index in [1.165, 1.54) is 4.90 Å². The number of amides is 1. The molecule has 1 atom stereocenters. The van der Waals surface area contributed by atoms with Crippen LogP contribution < -0.4 is 19.7 Å². The summed E-state index contributed by atoms with van der Waals surface area (Å²) in [6, 6.07) is 20.1. The average Bonchev–Trinajstić information content (AvgIpc) is 2.92. The number of allylic oxidation sites excluding steroid dienone is 1. The number of methoxy groups -OCH3 is 1. The van der Waals surface area contributed by atoms with E-state index >= 15 is 0 Å². The Morgan fingerprint density at radius 1 is 1.05 bits per heavy atom. The molecule has 1 aromatic heterocycles. The minimum atomic E-state index is -1.12. The van der Waals surface area contributed by atoms with Crippen LogP contribution >= 0.6 is 0 Å². The van der Waals surface area contributed by atoms with Crippen molar-refractivity contribution >= 4 is 23.7 Å². The van der Waals surface area contributed by atoms with Crippen molar-refractivity contribution in [3.8, 4) is 11.5 Å². The Balaban J connectivity index is 1.59. The van der Waals surface area contributed by atoms with Gasteiger partial charge in [-0.1, -0.05) is 6.07 Å². The fraction of sp³-hybridized carbons (Fsp3) is 0.250. The zero-order chi connectivity index (χ0) is 26.9. The Morgan fingerprint density at radius 2 is 1.79 bits per heavy atom. The Kier molecular flexibility index (Phi) is 8.78. The largest absolute Gasteiger partial charge is 0.497 e. The van der Waals surface area contributed by atoms with E-state index in [0.717, 1.165) is 23.7 Å². The number of aromatic nitrogens is 1. The highest BCUT2D eigenvalue weighted by molar-refractivity contribution is 5.91. The molecule has 1 amide bonds. The molecule has 2 N–H and O–H groups in total. The van der Waals surface area contributed by atoms with Crippen LogP contribution in [-0.2, 0) is 6.54 Å². The molecule has 0 bridgehead atoms. The van der Waals surface area contributed by atoms with Gasteiger partial charge < -0.3 is 29.7 Å². The lowest BCUT2D eigenvalue weighted by atomic mass is 10.2. The molecule has 198 valence electrons. The summed E-state index contributed by atoms with van der Waals surface area (Å²) in [5.74, 6) is 1.84. The van der Waals surface area contributed by atoms with Gasteiger partial charge in [0.15, 0.2) is 6.29 Å². The van der Waals surface area contributed by atoms with Crippen molar-refractivity contribution in [1.29, 1.82) is 0 Å². The molecule has 1 aliphatic heterocycles. The zero-order valence-corrected chi connectivity index (χ0v) is 21.7. The van der Waals surface area contributed by atoms with Crippen LogP contribution in [-0.4, -0.2) is 72.8 Å². The molecular formula is C28H32N6O4. The molecule has 4 rings (SSSR count). The van der Waals surface area contributed by atoms with Crippen LogP contribution in [0.2, 0.25) is 0 Å². The molecule has 38 heavy (non-hydrogen) atoms. The highest BCUT2D eigenvalue weighted by Crippen LogP contribution is 2.29. The van der Waals surface area contributed by atoms with E-state index in [-0.39, 0.29) is 0 Å². The number of nitrogens with zero attached hydrogens (tertiary/aromatic N) is 5. The van der Waals surface area contributed by atoms with Gasteiger partial charge in [0, 0.05) is 24.6 Å². The van der Waals surface area contributed by atoms with E-state index in [4.69, 9.17) is 9.47 Å². The summed E-state index contributed by atoms with van der Waals surface area (Å²) in [5.41, 5.74) is 2.06. The molecule has 1 unspecified atom stereocenters. The topological polar surface area (TPSA) is 103 Å². The number of hydrogen-bond donors (Lipinski definition) is 2. The van der Waals surface area contributed by atoms with Crippen LogP contribution in [0.3, 0.4) is 0 Å². The van der Waals surface area contributed by atoms with Crippen LogP contribution in [0.4, 0.5) is 16.2 Å². The molecule has 10 heteroatoms. The van der Waals surface area contributed by atoms with E-state index in [0.29, 0.717) is 30.4 Å². The summed E-state index contributed by atoms with van der Waals surface area (Å²) in [6.45, 7) is 1.74. The molecule has 0 aliphatic carbocycles. The van der Waals surface area contributed by atoms with Crippen molar-refractivity contribution in [3.05, 3.63) is 90.5 Å². The van der Waals surface area contributed by atoms with Crippen molar-refractivity contribution in [1.82, 2.24) is 14.8 Å². The lowest BCUT2D eigenvalue weighted by Crippen LogP contribution is -2.47. The van der Waals surface area contributed by atoms with Crippen LogP contribution in [0.1, 0.15) is 5.69 Å². The predicted molar refractivity (Wildman–Crippen MR) is 148 cm³/mol. The second-order valence-electron chi connectivity index (χ2n) is 8.78. The smallest absolute Gasteiger partial charge is 0.417 e. The first-order chi connectivity index (χ1) is 18.4. The summed E-state index contributed by atoms with van der Waals surface area (Å²) in [5, 5.41) is 13.6. The number of carboxylic acid groups (broad SMARTS) is 1. The summed E-state index contributed by atoms with van der Waals surface area (Å²) >= 11 is 0. The van der Waals surface area contributed by atoms with Gasteiger partial charge in [-0.15, -0.1) is 0 Å². The fourth-order valence-electron chi connectivity index (χ4n) is 3.86. The first-order valence-corrected chi connectivity index (χ1v) is 12.2. The van der Waals surface area contributed by atoms with Gasteiger partial charge in [-0.05, 0) is 80.8 Å². The minimum Gasteiger partial charge on any atom is -0.497 e. The molecule has 0 radical (unpaired) electrons. The summed E-state index contributed by atoms with van der Waals surface area (Å²) in [6.07, 6.45) is 3.29. The zero-order valence-electron chi connectivity index (χ0n) is 21.7. The van der Waals surface area contributed by atoms with Crippen LogP contribution in [0.15, 0.2) is 89.8 Å². The number of anilines is 2. The van der Waals surface area contributed by atoms with E-state index in [1.807, 2.05) is 61.5 Å². The maximum atomic E-state index is 12.5. The number of pyridine rings is 1. The number of benzene rings is 2. The van der Waals surface area contributed by atoms with E-state index < -0.39 is 12.4 Å². The van der Waals surface area contributed by atoms with E-state index in [9.17, 15) is 9.90 Å². The number of rotatable bonds is 11. The second-order valence-corrected chi connectivity index (χ2v) is 8.78. The van der Waals surface area contributed by atoms with Gasteiger partial charge >= 0.3 is 6.09 Å². The maximum absolute atomic E-state index is 12.5. The third kappa shape index (κ3) is 6.80. The van der Waals surface area contributed by atoms with Gasteiger partial charge in [0.05, 0.1) is 25.0 Å². The highest BCUT2D eigenvalue weighted by atomic mass is 16.5. The van der Waals surface area contributed by atoms with Gasteiger partial charge in [-0.25, -0.2) is 14.7 Å². The molecule has 0 saturated heterocycles. The van der Waals surface area contributed by atoms with Crippen molar-refractivity contribution in [2.75, 3.05) is 44.6 Å². The molecule has 3 aromatic rings. The number of aliphatic imine (C=N–C) groups is 1. The van der Waals surface area contributed by atoms with Gasteiger partial charge in [-0.3, -0.25) is 4.98 Å². The molecule has 0 saturated carbocycles.